The number of aliphatic hydroxyl groups is 1. The van der Waals surface area contributed by atoms with Gasteiger partial charge in [0.1, 0.15) is 6.10 Å². The van der Waals surface area contributed by atoms with Crippen molar-refractivity contribution in [3.63, 3.8) is 0 Å². The predicted molar refractivity (Wildman–Crippen MR) is 70.7 cm³/mol. The van der Waals surface area contributed by atoms with Crippen LogP contribution < -0.4 is 5.32 Å². The number of carbonyl (C=O) groups is 3. The lowest BCUT2D eigenvalue weighted by Gasteiger charge is -2.29. The summed E-state index contributed by atoms with van der Waals surface area (Å²) in [5, 5.41) is 20.1. The molecular weight excluding hydrogens is 280 g/mol. The van der Waals surface area contributed by atoms with E-state index in [2.05, 4.69) is 5.32 Å². The molecule has 0 aromatic rings. The predicted octanol–water partition coefficient (Wildman–Crippen LogP) is -0.348. The van der Waals surface area contributed by atoms with E-state index >= 15 is 0 Å². The monoisotopic (exact) mass is 300 g/mol. The molecule has 8 heteroatoms. The van der Waals surface area contributed by atoms with E-state index in [1.165, 1.54) is 0 Å². The fourth-order valence-corrected chi connectivity index (χ4v) is 1.68. The minimum absolute atomic E-state index is 0.000374. The Kier molecular flexibility index (Phi) is 8.01. The minimum Gasteiger partial charge on any atom is -0.464 e. The first-order valence-electron chi connectivity index (χ1n) is 6.54. The van der Waals surface area contributed by atoms with E-state index in [4.69, 9.17) is 14.7 Å². The molecule has 0 aliphatic carbocycles. The third kappa shape index (κ3) is 5.39. The SMILES string of the molecule is CCOC(=O)C(CCC(O)C#N)(NC(C)=O)C(=O)OCC. The van der Waals surface area contributed by atoms with Crippen LogP contribution in [0.25, 0.3) is 0 Å². The number of carbonyl (C=O) groups excluding carboxylic acids is 3. The van der Waals surface area contributed by atoms with Crippen LogP contribution in [-0.4, -0.2) is 47.8 Å². The second-order valence-corrected chi connectivity index (χ2v) is 4.21. The lowest BCUT2D eigenvalue weighted by molar-refractivity contribution is -0.168. The summed E-state index contributed by atoms with van der Waals surface area (Å²) < 4.78 is 9.65. The van der Waals surface area contributed by atoms with Gasteiger partial charge in [-0.25, -0.2) is 9.59 Å². The van der Waals surface area contributed by atoms with Gasteiger partial charge in [-0.05, 0) is 26.7 Å². The zero-order valence-corrected chi connectivity index (χ0v) is 12.3. The Hall–Kier alpha value is -2.14. The number of nitrogens with zero attached hydrogens (tertiary/aromatic N) is 1. The largest absolute Gasteiger partial charge is 0.464 e. The Morgan fingerprint density at radius 3 is 2.05 bits per heavy atom. The van der Waals surface area contributed by atoms with Gasteiger partial charge in [0, 0.05) is 6.92 Å². The number of ether oxygens (including phenoxy) is 2. The Morgan fingerprint density at radius 2 is 1.71 bits per heavy atom. The first kappa shape index (κ1) is 18.9. The molecule has 21 heavy (non-hydrogen) atoms. The van der Waals surface area contributed by atoms with Crippen LogP contribution in [0.1, 0.15) is 33.6 Å². The number of hydrogen-bond acceptors (Lipinski definition) is 7. The number of nitriles is 1. The minimum atomic E-state index is -2.06. The summed E-state index contributed by atoms with van der Waals surface area (Å²) in [4.78, 5) is 35.6. The lowest BCUT2D eigenvalue weighted by atomic mass is 9.91. The van der Waals surface area contributed by atoms with Crippen LogP contribution in [0.4, 0.5) is 0 Å². The van der Waals surface area contributed by atoms with E-state index in [0.717, 1.165) is 6.92 Å². The lowest BCUT2D eigenvalue weighted by Crippen LogP contribution is -2.61. The summed E-state index contributed by atoms with van der Waals surface area (Å²) in [5.74, 6) is -2.60. The van der Waals surface area contributed by atoms with Crippen molar-refractivity contribution in [2.75, 3.05) is 13.2 Å². The molecule has 1 atom stereocenters. The van der Waals surface area contributed by atoms with E-state index in [-0.39, 0.29) is 26.1 Å². The highest BCUT2D eigenvalue weighted by Crippen LogP contribution is 2.19. The first-order chi connectivity index (χ1) is 9.83. The molecule has 118 valence electrons. The normalized spacial score (nSPS) is 12.0. The van der Waals surface area contributed by atoms with Gasteiger partial charge in [0.2, 0.25) is 11.4 Å². The molecule has 8 nitrogen and oxygen atoms in total. The van der Waals surface area contributed by atoms with Gasteiger partial charge in [-0.2, -0.15) is 5.26 Å². The van der Waals surface area contributed by atoms with Gasteiger partial charge in [-0.1, -0.05) is 0 Å². The van der Waals surface area contributed by atoms with E-state index in [0.29, 0.717) is 0 Å². The maximum Gasteiger partial charge on any atom is 0.343 e. The maximum atomic E-state index is 12.1. The molecule has 0 aliphatic heterocycles. The van der Waals surface area contributed by atoms with Gasteiger partial charge in [0.25, 0.3) is 0 Å². The Labute approximate surface area is 123 Å². The topological polar surface area (TPSA) is 126 Å². The molecule has 0 spiro atoms. The van der Waals surface area contributed by atoms with Crippen molar-refractivity contribution in [1.29, 1.82) is 5.26 Å². The maximum absolute atomic E-state index is 12.1. The van der Waals surface area contributed by atoms with Gasteiger partial charge >= 0.3 is 11.9 Å². The summed E-state index contributed by atoms with van der Waals surface area (Å²) in [7, 11) is 0. The van der Waals surface area contributed by atoms with Crippen molar-refractivity contribution < 1.29 is 29.0 Å². The highest BCUT2D eigenvalue weighted by Gasteiger charge is 2.49. The zero-order chi connectivity index (χ0) is 16.5. The molecule has 0 aliphatic rings. The Balaban J connectivity index is 5.49. The summed E-state index contributed by atoms with van der Waals surface area (Å²) in [6.07, 6.45) is -1.88. The van der Waals surface area contributed by atoms with Crippen LogP contribution in [0, 0.1) is 11.3 Å². The molecule has 0 rings (SSSR count). The van der Waals surface area contributed by atoms with Crippen LogP contribution in [0.5, 0.6) is 0 Å². The van der Waals surface area contributed by atoms with Crippen molar-refractivity contribution in [2.45, 2.75) is 45.3 Å². The smallest absolute Gasteiger partial charge is 0.343 e. The second kappa shape index (κ2) is 8.92. The number of rotatable bonds is 8. The molecule has 0 saturated carbocycles. The number of amides is 1. The van der Waals surface area contributed by atoms with Crippen molar-refractivity contribution in [3.05, 3.63) is 0 Å². The molecular formula is C13H20N2O6. The van der Waals surface area contributed by atoms with Gasteiger partial charge in [-0.3, -0.25) is 4.79 Å². The Bertz CT molecular complexity index is 411. The second-order valence-electron chi connectivity index (χ2n) is 4.21. The van der Waals surface area contributed by atoms with Crippen LogP contribution in [0.15, 0.2) is 0 Å². The average molecular weight is 300 g/mol. The molecule has 0 radical (unpaired) electrons. The number of aliphatic hydroxyl groups excluding tert-OH is 1. The van der Waals surface area contributed by atoms with Gasteiger partial charge in [0.15, 0.2) is 0 Å². The fourth-order valence-electron chi connectivity index (χ4n) is 1.68. The number of nitrogens with one attached hydrogen (secondary N) is 1. The van der Waals surface area contributed by atoms with Crippen LogP contribution in [-0.2, 0) is 23.9 Å². The molecule has 0 heterocycles. The van der Waals surface area contributed by atoms with Crippen molar-refractivity contribution in [1.82, 2.24) is 5.32 Å². The molecule has 1 amide bonds. The summed E-state index contributed by atoms with van der Waals surface area (Å²) >= 11 is 0. The third-order valence-electron chi connectivity index (χ3n) is 2.58. The van der Waals surface area contributed by atoms with Crippen molar-refractivity contribution in [2.24, 2.45) is 0 Å². The molecule has 0 aromatic carbocycles. The van der Waals surface area contributed by atoms with E-state index in [1.807, 2.05) is 0 Å². The standard InChI is InChI=1S/C13H20N2O6/c1-4-20-11(18)13(15-9(3)16,12(19)21-5-2)7-6-10(17)8-14/h10,17H,4-7H2,1-3H3,(H,15,16). The van der Waals surface area contributed by atoms with Crippen LogP contribution >= 0.6 is 0 Å². The highest BCUT2D eigenvalue weighted by molar-refractivity contribution is 6.07. The molecule has 1 unspecified atom stereocenters. The number of hydrogen-bond donors (Lipinski definition) is 2. The molecule has 2 N–H and O–H groups in total. The van der Waals surface area contributed by atoms with Gasteiger partial charge < -0.3 is 19.9 Å². The summed E-state index contributed by atoms with van der Waals surface area (Å²) in [6, 6.07) is 1.57. The zero-order valence-electron chi connectivity index (χ0n) is 12.3. The number of esters is 2. The molecule has 0 saturated heterocycles. The van der Waals surface area contributed by atoms with Gasteiger partial charge in [-0.15, -0.1) is 0 Å². The average Bonchev–Trinajstić information content (AvgIpc) is 2.42. The molecule has 0 bridgehead atoms. The van der Waals surface area contributed by atoms with E-state index in [1.54, 1.807) is 19.9 Å². The van der Waals surface area contributed by atoms with Crippen molar-refractivity contribution >= 4 is 17.8 Å². The third-order valence-corrected chi connectivity index (χ3v) is 2.58. The Morgan fingerprint density at radius 1 is 1.24 bits per heavy atom. The van der Waals surface area contributed by atoms with Gasteiger partial charge in [0.05, 0.1) is 19.3 Å². The summed E-state index contributed by atoms with van der Waals surface area (Å²) in [6.45, 7) is 4.23. The summed E-state index contributed by atoms with van der Waals surface area (Å²) in [5.41, 5.74) is -2.06. The van der Waals surface area contributed by atoms with E-state index < -0.39 is 29.5 Å². The first-order valence-corrected chi connectivity index (χ1v) is 6.54. The molecule has 0 aromatic heterocycles. The molecule has 0 fully saturated rings. The van der Waals surface area contributed by atoms with Crippen LogP contribution in [0.3, 0.4) is 0 Å². The fraction of sp³-hybridized carbons (Fsp3) is 0.692. The van der Waals surface area contributed by atoms with Crippen molar-refractivity contribution in [3.8, 4) is 6.07 Å². The van der Waals surface area contributed by atoms with Crippen LogP contribution in [0.2, 0.25) is 0 Å². The van der Waals surface area contributed by atoms with E-state index in [9.17, 15) is 19.5 Å². The highest BCUT2D eigenvalue weighted by atomic mass is 16.6. The quantitative estimate of drug-likeness (QED) is 0.356.